The lowest BCUT2D eigenvalue weighted by Crippen LogP contribution is -2.24. The summed E-state index contributed by atoms with van der Waals surface area (Å²) < 4.78 is 0. The molecule has 2 heterocycles. The Kier molecular flexibility index (Phi) is 3.88. The van der Waals surface area contributed by atoms with Crippen LogP contribution in [0.5, 0.6) is 0 Å². The third kappa shape index (κ3) is 2.91. The highest BCUT2D eigenvalue weighted by Crippen LogP contribution is 2.22. The Bertz CT molecular complexity index is 424. The van der Waals surface area contributed by atoms with Gasteiger partial charge in [-0.3, -0.25) is 9.88 Å². The van der Waals surface area contributed by atoms with Crippen LogP contribution in [-0.2, 0) is 6.54 Å². The van der Waals surface area contributed by atoms with Crippen molar-refractivity contribution in [1.29, 1.82) is 0 Å². The van der Waals surface area contributed by atoms with Crippen LogP contribution in [0.2, 0.25) is 0 Å². The highest BCUT2D eigenvalue weighted by Gasteiger charge is 2.15. The molecule has 0 aliphatic carbocycles. The van der Waals surface area contributed by atoms with E-state index in [1.807, 2.05) is 24.7 Å². The van der Waals surface area contributed by atoms with E-state index in [0.29, 0.717) is 6.04 Å². The molecule has 90 valence electrons. The van der Waals surface area contributed by atoms with Crippen molar-refractivity contribution in [2.75, 3.05) is 7.05 Å². The van der Waals surface area contributed by atoms with Crippen molar-refractivity contribution in [3.05, 3.63) is 48.3 Å². The van der Waals surface area contributed by atoms with Crippen LogP contribution in [0.15, 0.2) is 36.9 Å². The van der Waals surface area contributed by atoms with Crippen molar-refractivity contribution in [2.45, 2.75) is 25.9 Å². The maximum atomic E-state index is 4.25. The number of pyridine rings is 1. The molecule has 1 N–H and O–H groups in total. The molecule has 0 amide bonds. The lowest BCUT2D eigenvalue weighted by molar-refractivity contribution is 0.225. The standard InChI is InChI=1S/C13H18N4/c1-3-12(11-5-4-6-14-9-11)17(2)10-13-15-7-8-16-13/h4-9,12H,3,10H2,1-2H3,(H,15,16). The number of rotatable bonds is 5. The highest BCUT2D eigenvalue weighted by atomic mass is 15.1. The zero-order valence-electron chi connectivity index (χ0n) is 10.3. The zero-order valence-corrected chi connectivity index (χ0v) is 10.3. The Morgan fingerprint density at radius 1 is 1.41 bits per heavy atom. The minimum absolute atomic E-state index is 0.383. The van der Waals surface area contributed by atoms with Gasteiger partial charge < -0.3 is 4.98 Å². The van der Waals surface area contributed by atoms with Crippen LogP contribution in [-0.4, -0.2) is 26.9 Å². The summed E-state index contributed by atoms with van der Waals surface area (Å²) in [6.45, 7) is 3.01. The van der Waals surface area contributed by atoms with Gasteiger partial charge in [0.25, 0.3) is 0 Å². The van der Waals surface area contributed by atoms with Crippen LogP contribution in [0.4, 0.5) is 0 Å². The predicted octanol–water partition coefficient (Wildman–Crippen LogP) is 2.39. The summed E-state index contributed by atoms with van der Waals surface area (Å²) >= 11 is 0. The first kappa shape index (κ1) is 11.8. The Hall–Kier alpha value is -1.68. The molecule has 0 aliphatic rings. The maximum absolute atomic E-state index is 4.25. The predicted molar refractivity (Wildman–Crippen MR) is 67.3 cm³/mol. The van der Waals surface area contributed by atoms with Crippen LogP contribution in [0.3, 0.4) is 0 Å². The number of imidazole rings is 1. The average Bonchev–Trinajstić information content (AvgIpc) is 2.84. The summed E-state index contributed by atoms with van der Waals surface area (Å²) in [4.78, 5) is 13.9. The second-order valence-electron chi connectivity index (χ2n) is 4.16. The quantitative estimate of drug-likeness (QED) is 0.857. The van der Waals surface area contributed by atoms with E-state index in [9.17, 15) is 0 Å². The molecular formula is C13H18N4. The fourth-order valence-corrected chi connectivity index (χ4v) is 2.11. The molecule has 4 heteroatoms. The first-order valence-electron chi connectivity index (χ1n) is 5.89. The number of H-pyrrole nitrogens is 1. The second kappa shape index (κ2) is 5.59. The molecule has 0 radical (unpaired) electrons. The molecule has 2 aromatic heterocycles. The molecule has 0 aliphatic heterocycles. The van der Waals surface area contributed by atoms with Crippen molar-refractivity contribution >= 4 is 0 Å². The summed E-state index contributed by atoms with van der Waals surface area (Å²) in [7, 11) is 2.11. The molecule has 2 aromatic rings. The minimum Gasteiger partial charge on any atom is -0.348 e. The fourth-order valence-electron chi connectivity index (χ4n) is 2.11. The molecule has 4 nitrogen and oxygen atoms in total. The SMILES string of the molecule is CCC(c1cccnc1)N(C)Cc1ncc[nH]1. The lowest BCUT2D eigenvalue weighted by Gasteiger charge is -2.26. The van der Waals surface area contributed by atoms with E-state index < -0.39 is 0 Å². The van der Waals surface area contributed by atoms with E-state index in [2.05, 4.69) is 39.9 Å². The van der Waals surface area contributed by atoms with Gasteiger partial charge in [-0.1, -0.05) is 13.0 Å². The van der Waals surface area contributed by atoms with Crippen molar-refractivity contribution in [1.82, 2.24) is 19.9 Å². The number of hydrogen-bond acceptors (Lipinski definition) is 3. The molecule has 1 unspecified atom stereocenters. The topological polar surface area (TPSA) is 44.8 Å². The van der Waals surface area contributed by atoms with E-state index in [1.165, 1.54) is 5.56 Å². The monoisotopic (exact) mass is 230 g/mol. The molecule has 0 saturated carbocycles. The van der Waals surface area contributed by atoms with Crippen molar-refractivity contribution < 1.29 is 0 Å². The summed E-state index contributed by atoms with van der Waals surface area (Å²) in [5.74, 6) is 0.995. The van der Waals surface area contributed by atoms with Gasteiger partial charge in [-0.2, -0.15) is 0 Å². The average molecular weight is 230 g/mol. The largest absolute Gasteiger partial charge is 0.348 e. The van der Waals surface area contributed by atoms with Crippen LogP contribution < -0.4 is 0 Å². The zero-order chi connectivity index (χ0) is 12.1. The summed E-state index contributed by atoms with van der Waals surface area (Å²) in [6.07, 6.45) is 8.45. The van der Waals surface area contributed by atoms with E-state index in [0.717, 1.165) is 18.8 Å². The Morgan fingerprint density at radius 2 is 2.29 bits per heavy atom. The number of hydrogen-bond donors (Lipinski definition) is 1. The second-order valence-corrected chi connectivity index (χ2v) is 4.16. The van der Waals surface area contributed by atoms with Crippen LogP contribution >= 0.6 is 0 Å². The van der Waals surface area contributed by atoms with Crippen LogP contribution in [0.1, 0.15) is 30.8 Å². The summed E-state index contributed by atoms with van der Waals surface area (Å²) in [5, 5.41) is 0. The van der Waals surface area contributed by atoms with Gasteiger partial charge in [0.05, 0.1) is 6.54 Å². The molecule has 1 atom stereocenters. The normalized spacial score (nSPS) is 12.9. The van der Waals surface area contributed by atoms with Gasteiger partial charge in [-0.05, 0) is 25.1 Å². The van der Waals surface area contributed by atoms with Gasteiger partial charge in [0.15, 0.2) is 0 Å². The first-order chi connectivity index (χ1) is 8.31. The molecule has 0 fully saturated rings. The Morgan fingerprint density at radius 3 is 2.88 bits per heavy atom. The molecule has 0 aromatic carbocycles. The lowest BCUT2D eigenvalue weighted by atomic mass is 10.1. The molecule has 17 heavy (non-hydrogen) atoms. The van der Waals surface area contributed by atoms with Gasteiger partial charge in [0.1, 0.15) is 5.82 Å². The maximum Gasteiger partial charge on any atom is 0.120 e. The van der Waals surface area contributed by atoms with Crippen LogP contribution in [0, 0.1) is 0 Å². The number of aromatic amines is 1. The molecule has 2 rings (SSSR count). The Balaban J connectivity index is 2.08. The number of nitrogens with zero attached hydrogens (tertiary/aromatic N) is 3. The van der Waals surface area contributed by atoms with Gasteiger partial charge in [0, 0.05) is 30.8 Å². The van der Waals surface area contributed by atoms with E-state index in [4.69, 9.17) is 0 Å². The molecule has 0 bridgehead atoms. The van der Waals surface area contributed by atoms with Crippen molar-refractivity contribution in [2.24, 2.45) is 0 Å². The smallest absolute Gasteiger partial charge is 0.120 e. The highest BCUT2D eigenvalue weighted by molar-refractivity contribution is 5.13. The number of aromatic nitrogens is 3. The molecule has 0 saturated heterocycles. The van der Waals surface area contributed by atoms with E-state index in [1.54, 1.807) is 6.20 Å². The Labute approximate surface area is 102 Å². The van der Waals surface area contributed by atoms with Gasteiger partial charge >= 0.3 is 0 Å². The van der Waals surface area contributed by atoms with Crippen molar-refractivity contribution in [3.63, 3.8) is 0 Å². The van der Waals surface area contributed by atoms with Gasteiger partial charge in [-0.25, -0.2) is 4.98 Å². The summed E-state index contributed by atoms with van der Waals surface area (Å²) in [5.41, 5.74) is 1.25. The summed E-state index contributed by atoms with van der Waals surface area (Å²) in [6, 6.07) is 4.49. The van der Waals surface area contributed by atoms with Crippen molar-refractivity contribution in [3.8, 4) is 0 Å². The molecule has 0 spiro atoms. The fraction of sp³-hybridized carbons (Fsp3) is 0.385. The molecular weight excluding hydrogens is 212 g/mol. The van der Waals surface area contributed by atoms with Crippen LogP contribution in [0.25, 0.3) is 0 Å². The van der Waals surface area contributed by atoms with E-state index >= 15 is 0 Å². The first-order valence-corrected chi connectivity index (χ1v) is 5.89. The van der Waals surface area contributed by atoms with E-state index in [-0.39, 0.29) is 0 Å². The van der Waals surface area contributed by atoms with Gasteiger partial charge in [-0.15, -0.1) is 0 Å². The number of nitrogens with one attached hydrogen (secondary N) is 1. The third-order valence-corrected chi connectivity index (χ3v) is 2.94. The van der Waals surface area contributed by atoms with Gasteiger partial charge in [0.2, 0.25) is 0 Å². The third-order valence-electron chi connectivity index (χ3n) is 2.94. The minimum atomic E-state index is 0.383.